The van der Waals surface area contributed by atoms with Gasteiger partial charge in [0.15, 0.2) is 0 Å². The van der Waals surface area contributed by atoms with Gasteiger partial charge in [-0.15, -0.1) is 0 Å². The van der Waals surface area contributed by atoms with Crippen molar-refractivity contribution >= 4 is 15.7 Å². The molecule has 19 heavy (non-hydrogen) atoms. The van der Waals surface area contributed by atoms with Crippen LogP contribution in [0.5, 0.6) is 0 Å². The predicted octanol–water partition coefficient (Wildman–Crippen LogP) is 2.52. The van der Waals surface area contributed by atoms with Gasteiger partial charge in [-0.25, -0.2) is 8.42 Å². The molecule has 106 valence electrons. The van der Waals surface area contributed by atoms with Gasteiger partial charge in [-0.05, 0) is 49.9 Å². The average molecular weight is 282 g/mol. The summed E-state index contributed by atoms with van der Waals surface area (Å²) in [6, 6.07) is 3.99. The number of hydrogen-bond acceptors (Lipinski definition) is 3. The van der Waals surface area contributed by atoms with Crippen LogP contribution in [0, 0.1) is 13.8 Å². The maximum atomic E-state index is 12.8. The molecule has 1 fully saturated rings. The van der Waals surface area contributed by atoms with Crippen LogP contribution in [0.2, 0.25) is 0 Å². The number of benzene rings is 1. The number of nitrogens with one attached hydrogen (secondary N) is 1. The highest BCUT2D eigenvalue weighted by Crippen LogP contribution is 2.34. The fraction of sp³-hybridized carbons (Fsp3) is 0.571. The van der Waals surface area contributed by atoms with E-state index in [1.165, 1.54) is 0 Å². The van der Waals surface area contributed by atoms with Gasteiger partial charge in [0.1, 0.15) is 0 Å². The molecule has 0 atom stereocenters. The quantitative estimate of drug-likeness (QED) is 0.903. The van der Waals surface area contributed by atoms with Gasteiger partial charge < -0.3 is 5.32 Å². The third-order valence-electron chi connectivity index (χ3n) is 3.58. The first-order valence-electron chi connectivity index (χ1n) is 6.72. The number of sulfonamides is 1. The maximum Gasteiger partial charge on any atom is 0.243 e. The monoisotopic (exact) mass is 282 g/mol. The topological polar surface area (TPSA) is 49.4 Å². The Kier molecular flexibility index (Phi) is 3.87. The van der Waals surface area contributed by atoms with Crippen molar-refractivity contribution < 1.29 is 8.42 Å². The van der Waals surface area contributed by atoms with Crippen molar-refractivity contribution in [2.24, 2.45) is 0 Å². The molecule has 0 unspecified atom stereocenters. The summed E-state index contributed by atoms with van der Waals surface area (Å²) in [6.07, 6.45) is 1.97. The molecule has 1 aliphatic rings. The van der Waals surface area contributed by atoms with Crippen LogP contribution >= 0.6 is 0 Å². The van der Waals surface area contributed by atoms with Gasteiger partial charge in [-0.1, -0.05) is 6.92 Å². The summed E-state index contributed by atoms with van der Waals surface area (Å²) in [5.41, 5.74) is 2.57. The Bertz CT molecular complexity index is 554. The van der Waals surface area contributed by atoms with E-state index in [-0.39, 0.29) is 6.04 Å². The molecule has 0 bridgehead atoms. The number of aryl methyl sites for hydroxylation is 2. The molecule has 0 aromatic heterocycles. The fourth-order valence-electron chi connectivity index (χ4n) is 2.61. The molecule has 5 heteroatoms. The van der Waals surface area contributed by atoms with E-state index in [0.717, 1.165) is 29.7 Å². The van der Waals surface area contributed by atoms with E-state index in [0.29, 0.717) is 11.4 Å². The first-order chi connectivity index (χ1) is 8.91. The second-order valence-corrected chi connectivity index (χ2v) is 6.96. The molecule has 0 amide bonds. The van der Waals surface area contributed by atoms with Gasteiger partial charge in [0.05, 0.1) is 4.90 Å². The molecule has 0 saturated heterocycles. The summed E-state index contributed by atoms with van der Waals surface area (Å²) in [6.45, 7) is 6.17. The predicted molar refractivity (Wildman–Crippen MR) is 78.1 cm³/mol. The molecule has 0 spiro atoms. The molecule has 1 aromatic rings. The van der Waals surface area contributed by atoms with E-state index in [2.05, 4.69) is 5.32 Å². The zero-order valence-corrected chi connectivity index (χ0v) is 12.8. The van der Waals surface area contributed by atoms with E-state index >= 15 is 0 Å². The van der Waals surface area contributed by atoms with Crippen LogP contribution in [0.3, 0.4) is 0 Å². The lowest BCUT2D eigenvalue weighted by molar-refractivity contribution is 0.420. The van der Waals surface area contributed by atoms with Crippen molar-refractivity contribution in [2.45, 2.75) is 44.6 Å². The highest BCUT2D eigenvalue weighted by Gasteiger charge is 2.38. The Morgan fingerprint density at radius 1 is 1.26 bits per heavy atom. The minimum atomic E-state index is -3.37. The summed E-state index contributed by atoms with van der Waals surface area (Å²) >= 11 is 0. The largest absolute Gasteiger partial charge is 0.388 e. The average Bonchev–Trinajstić information content (AvgIpc) is 3.12. The standard InChI is InChI=1S/C14H22N2O2S/c1-5-16(13-6-7-13)19(17,18)14-10(2)8-12(15-4)9-11(14)3/h8-9,13,15H,5-7H2,1-4H3. The Morgan fingerprint density at radius 3 is 2.16 bits per heavy atom. The number of anilines is 1. The maximum absolute atomic E-state index is 12.8. The first kappa shape index (κ1) is 14.3. The molecule has 0 radical (unpaired) electrons. The normalized spacial score (nSPS) is 15.8. The molecule has 1 saturated carbocycles. The molecule has 1 N–H and O–H groups in total. The number of hydrogen-bond donors (Lipinski definition) is 1. The van der Waals surface area contributed by atoms with Crippen molar-refractivity contribution in [3.05, 3.63) is 23.3 Å². The summed E-state index contributed by atoms with van der Waals surface area (Å²) < 4.78 is 27.2. The minimum absolute atomic E-state index is 0.206. The van der Waals surface area contributed by atoms with Crippen LogP contribution in [0.25, 0.3) is 0 Å². The number of rotatable bonds is 5. The van der Waals surface area contributed by atoms with Crippen LogP contribution < -0.4 is 5.32 Å². The van der Waals surface area contributed by atoms with E-state index in [9.17, 15) is 8.42 Å². The van der Waals surface area contributed by atoms with Crippen LogP contribution in [0.4, 0.5) is 5.69 Å². The fourth-order valence-corrected chi connectivity index (χ4v) is 4.72. The van der Waals surface area contributed by atoms with Crippen LogP contribution in [0.1, 0.15) is 30.9 Å². The van der Waals surface area contributed by atoms with E-state index in [1.54, 1.807) is 4.31 Å². The zero-order chi connectivity index (χ0) is 14.2. The molecule has 0 aliphatic heterocycles. The Morgan fingerprint density at radius 2 is 1.79 bits per heavy atom. The smallest absolute Gasteiger partial charge is 0.243 e. The molecule has 2 rings (SSSR count). The molecule has 0 heterocycles. The van der Waals surface area contributed by atoms with Crippen molar-refractivity contribution in [3.8, 4) is 0 Å². The van der Waals surface area contributed by atoms with Crippen LogP contribution in [-0.2, 0) is 10.0 Å². The second kappa shape index (κ2) is 5.13. The van der Waals surface area contributed by atoms with E-state index < -0.39 is 10.0 Å². The Balaban J connectivity index is 2.51. The molecule has 1 aromatic carbocycles. The molecular formula is C14H22N2O2S. The van der Waals surface area contributed by atoms with Gasteiger partial charge in [0.25, 0.3) is 0 Å². The van der Waals surface area contributed by atoms with Gasteiger partial charge in [0.2, 0.25) is 10.0 Å². The Labute approximate surface area is 115 Å². The minimum Gasteiger partial charge on any atom is -0.388 e. The van der Waals surface area contributed by atoms with E-state index in [4.69, 9.17) is 0 Å². The van der Waals surface area contributed by atoms with E-state index in [1.807, 2.05) is 40.0 Å². The van der Waals surface area contributed by atoms with Gasteiger partial charge in [-0.3, -0.25) is 0 Å². The van der Waals surface area contributed by atoms with Crippen LogP contribution in [-0.4, -0.2) is 32.4 Å². The zero-order valence-electron chi connectivity index (χ0n) is 12.0. The second-order valence-electron chi connectivity index (χ2n) is 5.13. The first-order valence-corrected chi connectivity index (χ1v) is 8.16. The molecule has 1 aliphatic carbocycles. The molecular weight excluding hydrogens is 260 g/mol. The van der Waals surface area contributed by atoms with Gasteiger partial charge in [0, 0.05) is 25.3 Å². The van der Waals surface area contributed by atoms with Crippen molar-refractivity contribution in [1.82, 2.24) is 4.31 Å². The van der Waals surface area contributed by atoms with Crippen molar-refractivity contribution in [1.29, 1.82) is 0 Å². The highest BCUT2D eigenvalue weighted by atomic mass is 32.2. The summed E-state index contributed by atoms with van der Waals surface area (Å²) in [5, 5.41) is 3.06. The van der Waals surface area contributed by atoms with Gasteiger partial charge >= 0.3 is 0 Å². The summed E-state index contributed by atoms with van der Waals surface area (Å²) in [5.74, 6) is 0. The SMILES string of the molecule is CCN(C1CC1)S(=O)(=O)c1c(C)cc(NC)cc1C. The third kappa shape index (κ3) is 2.62. The lowest BCUT2D eigenvalue weighted by Crippen LogP contribution is -2.33. The Hall–Kier alpha value is -1.07. The van der Waals surface area contributed by atoms with Crippen LogP contribution in [0.15, 0.2) is 17.0 Å². The lowest BCUT2D eigenvalue weighted by atomic mass is 10.1. The summed E-state index contributed by atoms with van der Waals surface area (Å²) in [4.78, 5) is 0.472. The van der Waals surface area contributed by atoms with Crippen molar-refractivity contribution in [2.75, 3.05) is 18.9 Å². The lowest BCUT2D eigenvalue weighted by Gasteiger charge is -2.23. The van der Waals surface area contributed by atoms with Gasteiger partial charge in [-0.2, -0.15) is 4.31 Å². The third-order valence-corrected chi connectivity index (χ3v) is 5.92. The number of nitrogens with zero attached hydrogens (tertiary/aromatic N) is 1. The molecule has 4 nitrogen and oxygen atoms in total. The van der Waals surface area contributed by atoms with Crippen molar-refractivity contribution in [3.63, 3.8) is 0 Å². The highest BCUT2D eigenvalue weighted by molar-refractivity contribution is 7.89. The summed E-state index contributed by atoms with van der Waals surface area (Å²) in [7, 11) is -1.53.